The Morgan fingerprint density at radius 2 is 0.839 bits per heavy atom. The molecule has 9 aromatic carbocycles. The van der Waals surface area contributed by atoms with Crippen LogP contribution in [0.1, 0.15) is 0 Å². The molecule has 0 bridgehead atoms. The van der Waals surface area contributed by atoms with Gasteiger partial charge in [0.05, 0.1) is 44.5 Å². The van der Waals surface area contributed by atoms with E-state index in [0.717, 1.165) is 56.0 Å². The highest BCUT2D eigenvalue weighted by Gasteiger charge is 2.22. The van der Waals surface area contributed by atoms with Gasteiger partial charge in [0, 0.05) is 49.4 Å². The first-order chi connectivity index (χ1) is 27.8. The van der Waals surface area contributed by atoms with E-state index in [4.69, 9.17) is 9.97 Å². The maximum absolute atomic E-state index is 5.36. The fourth-order valence-electron chi connectivity index (χ4n) is 9.04. The molecule has 4 nitrogen and oxygen atoms in total. The molecule has 3 heterocycles. The summed E-state index contributed by atoms with van der Waals surface area (Å²) in [6.45, 7) is 0. The molecule has 0 saturated heterocycles. The normalized spacial score (nSPS) is 11.9. The summed E-state index contributed by atoms with van der Waals surface area (Å²) in [6.07, 6.45) is 0. The van der Waals surface area contributed by atoms with Gasteiger partial charge in [0.25, 0.3) is 0 Å². The zero-order valence-corrected chi connectivity index (χ0v) is 30.3. The van der Waals surface area contributed by atoms with Crippen LogP contribution < -0.4 is 0 Å². The van der Waals surface area contributed by atoms with E-state index in [9.17, 15) is 0 Å². The van der Waals surface area contributed by atoms with Gasteiger partial charge in [-0.05, 0) is 64.7 Å². The minimum absolute atomic E-state index is 0.851. The summed E-state index contributed by atoms with van der Waals surface area (Å²) in [4.78, 5) is 10.6. The first kappa shape index (κ1) is 30.9. The SMILES string of the molecule is c1ccc(-c2nc3ccc(-n4c5ccccc5c5cc6c7c8ccccc8c8ccccc8c7n(-c7ccccc7)c6cc54)cc3nc2-c2ccccc2)cc1. The molecule has 260 valence electrons. The minimum Gasteiger partial charge on any atom is -0.309 e. The quantitative estimate of drug-likeness (QED) is 0.170. The van der Waals surface area contributed by atoms with Gasteiger partial charge in [0.1, 0.15) is 0 Å². The predicted octanol–water partition coefficient (Wildman–Crippen LogP) is 13.5. The van der Waals surface area contributed by atoms with Crippen molar-refractivity contribution in [2.45, 2.75) is 0 Å². The Labute approximate surface area is 322 Å². The largest absolute Gasteiger partial charge is 0.309 e. The number of hydrogen-bond donors (Lipinski definition) is 0. The van der Waals surface area contributed by atoms with Crippen molar-refractivity contribution in [2.24, 2.45) is 0 Å². The maximum Gasteiger partial charge on any atom is 0.0973 e. The Bertz CT molecular complexity index is 3510. The summed E-state index contributed by atoms with van der Waals surface area (Å²) in [6, 6.07) is 69.4. The average Bonchev–Trinajstić information content (AvgIpc) is 3.78. The summed E-state index contributed by atoms with van der Waals surface area (Å²) in [5, 5.41) is 9.99. The molecular weight excluding hydrogens is 681 g/mol. The lowest BCUT2D eigenvalue weighted by molar-refractivity contribution is 1.17. The van der Waals surface area contributed by atoms with E-state index in [0.29, 0.717) is 0 Å². The third kappa shape index (κ3) is 4.47. The molecular formula is C52H32N4. The summed E-state index contributed by atoms with van der Waals surface area (Å²) in [5.74, 6) is 0. The van der Waals surface area contributed by atoms with Crippen LogP contribution in [0.2, 0.25) is 0 Å². The molecule has 0 aliphatic rings. The van der Waals surface area contributed by atoms with Gasteiger partial charge in [0.15, 0.2) is 0 Å². The number of nitrogens with zero attached hydrogens (tertiary/aromatic N) is 4. The van der Waals surface area contributed by atoms with Gasteiger partial charge in [0.2, 0.25) is 0 Å². The summed E-state index contributed by atoms with van der Waals surface area (Å²) in [7, 11) is 0. The van der Waals surface area contributed by atoms with Crippen molar-refractivity contribution in [1.29, 1.82) is 0 Å². The van der Waals surface area contributed by atoms with Gasteiger partial charge >= 0.3 is 0 Å². The van der Waals surface area contributed by atoms with E-state index in [-0.39, 0.29) is 0 Å². The topological polar surface area (TPSA) is 35.6 Å². The molecule has 56 heavy (non-hydrogen) atoms. The molecule has 12 aromatic rings. The van der Waals surface area contributed by atoms with Gasteiger partial charge in [-0.25, -0.2) is 9.97 Å². The molecule has 0 saturated carbocycles. The summed E-state index contributed by atoms with van der Waals surface area (Å²) in [5.41, 5.74) is 12.4. The summed E-state index contributed by atoms with van der Waals surface area (Å²) < 4.78 is 4.88. The monoisotopic (exact) mass is 712 g/mol. The van der Waals surface area contributed by atoms with Crippen LogP contribution in [0.3, 0.4) is 0 Å². The maximum atomic E-state index is 5.36. The number of aromatic nitrogens is 4. The Kier molecular flexibility index (Phi) is 6.60. The summed E-state index contributed by atoms with van der Waals surface area (Å²) >= 11 is 0. The van der Waals surface area contributed by atoms with E-state index >= 15 is 0 Å². The number of benzene rings is 9. The molecule has 0 aliphatic heterocycles. The van der Waals surface area contributed by atoms with Crippen LogP contribution in [0.15, 0.2) is 194 Å². The lowest BCUT2D eigenvalue weighted by Gasteiger charge is -2.13. The van der Waals surface area contributed by atoms with Gasteiger partial charge in [-0.3, -0.25) is 0 Å². The number of rotatable bonds is 4. The second kappa shape index (κ2) is 12.0. The standard InChI is InChI=1S/C52H32N4/c1-4-16-33(17-5-1)50-51(34-18-6-2-7-19-34)54-45-30-36(28-29-44(45)53-50)55-46-27-15-14-24-39(46)42-31-43-48(32-47(42)55)56(35-20-8-3-9-21-35)52-41-26-13-11-23-38(41)37-22-10-12-25-40(37)49(43)52/h1-32H. The van der Waals surface area contributed by atoms with E-state index in [1.54, 1.807) is 0 Å². The molecule has 0 unspecified atom stereocenters. The Hall–Kier alpha value is -7.56. The van der Waals surface area contributed by atoms with Crippen LogP contribution in [0, 0.1) is 0 Å². The second-order valence-corrected chi connectivity index (χ2v) is 14.6. The van der Waals surface area contributed by atoms with Crippen molar-refractivity contribution in [1.82, 2.24) is 19.1 Å². The first-order valence-electron chi connectivity index (χ1n) is 19.1. The predicted molar refractivity (Wildman–Crippen MR) is 234 cm³/mol. The van der Waals surface area contributed by atoms with E-state index in [1.165, 1.54) is 54.1 Å². The molecule has 4 heteroatoms. The first-order valence-corrected chi connectivity index (χ1v) is 19.1. The van der Waals surface area contributed by atoms with E-state index < -0.39 is 0 Å². The third-order valence-electron chi connectivity index (χ3n) is 11.4. The van der Waals surface area contributed by atoms with Crippen molar-refractivity contribution in [3.63, 3.8) is 0 Å². The zero-order valence-electron chi connectivity index (χ0n) is 30.3. The lowest BCUT2D eigenvalue weighted by atomic mass is 9.96. The van der Waals surface area contributed by atoms with Crippen molar-refractivity contribution in [3.05, 3.63) is 194 Å². The molecule has 0 spiro atoms. The van der Waals surface area contributed by atoms with Crippen LogP contribution in [0.4, 0.5) is 0 Å². The van der Waals surface area contributed by atoms with Crippen LogP contribution >= 0.6 is 0 Å². The highest BCUT2D eigenvalue weighted by Crippen LogP contribution is 2.45. The van der Waals surface area contributed by atoms with Crippen molar-refractivity contribution in [2.75, 3.05) is 0 Å². The number of hydrogen-bond acceptors (Lipinski definition) is 2. The highest BCUT2D eigenvalue weighted by molar-refractivity contribution is 6.33. The van der Waals surface area contributed by atoms with E-state index in [1.807, 2.05) is 12.1 Å². The fourth-order valence-corrected chi connectivity index (χ4v) is 9.04. The van der Waals surface area contributed by atoms with Crippen LogP contribution in [0.25, 0.3) is 110 Å². The van der Waals surface area contributed by atoms with E-state index in [2.05, 4.69) is 191 Å². The van der Waals surface area contributed by atoms with Crippen molar-refractivity contribution in [3.8, 4) is 33.9 Å². The minimum atomic E-state index is 0.851. The van der Waals surface area contributed by atoms with Crippen LogP contribution in [0.5, 0.6) is 0 Å². The molecule has 0 aliphatic carbocycles. The van der Waals surface area contributed by atoms with Crippen molar-refractivity contribution < 1.29 is 0 Å². The molecule has 0 N–H and O–H groups in total. The Morgan fingerprint density at radius 3 is 1.54 bits per heavy atom. The number of fused-ring (bicyclic) bond motifs is 12. The average molecular weight is 713 g/mol. The molecule has 3 aromatic heterocycles. The second-order valence-electron chi connectivity index (χ2n) is 14.6. The Morgan fingerprint density at radius 1 is 0.304 bits per heavy atom. The fraction of sp³-hybridized carbons (Fsp3) is 0. The van der Waals surface area contributed by atoms with Crippen molar-refractivity contribution >= 4 is 76.2 Å². The van der Waals surface area contributed by atoms with Gasteiger partial charge < -0.3 is 9.13 Å². The molecule has 12 rings (SSSR count). The van der Waals surface area contributed by atoms with Crippen LogP contribution in [-0.4, -0.2) is 19.1 Å². The van der Waals surface area contributed by atoms with Gasteiger partial charge in [-0.15, -0.1) is 0 Å². The van der Waals surface area contributed by atoms with Crippen LogP contribution in [-0.2, 0) is 0 Å². The number of para-hydroxylation sites is 2. The zero-order chi connectivity index (χ0) is 36.7. The molecule has 0 amide bonds. The molecule has 0 radical (unpaired) electrons. The van der Waals surface area contributed by atoms with Gasteiger partial charge in [-0.2, -0.15) is 0 Å². The highest BCUT2D eigenvalue weighted by atomic mass is 15.0. The lowest BCUT2D eigenvalue weighted by Crippen LogP contribution is -1.99. The van der Waals surface area contributed by atoms with Gasteiger partial charge in [-0.1, -0.05) is 146 Å². The molecule has 0 fully saturated rings. The Balaban J connectivity index is 1.19. The molecule has 0 atom stereocenters. The smallest absolute Gasteiger partial charge is 0.0973 e. The third-order valence-corrected chi connectivity index (χ3v) is 11.4.